The molecule has 1 atom stereocenters. The lowest BCUT2D eigenvalue weighted by molar-refractivity contribution is -0.127. The van der Waals surface area contributed by atoms with Gasteiger partial charge in [0.2, 0.25) is 5.91 Å². The normalized spacial score (nSPS) is 16.4. The van der Waals surface area contributed by atoms with E-state index in [2.05, 4.69) is 55.7 Å². The summed E-state index contributed by atoms with van der Waals surface area (Å²) in [5, 5.41) is 0. The number of benzene rings is 2. The van der Waals surface area contributed by atoms with Gasteiger partial charge >= 0.3 is 0 Å². The van der Waals surface area contributed by atoms with E-state index in [9.17, 15) is 4.79 Å². The zero-order chi connectivity index (χ0) is 21.8. The van der Waals surface area contributed by atoms with E-state index in [1.165, 1.54) is 11.1 Å². The standard InChI is InChI=1S/C26H33N3O2/c1-4-5-13-28-18-21(17-25(28)30)26-27-23-9-6-7-10-24(23)29(26)14-8-15-31-22-12-11-19(2)20(3)16-22/h6-7,9-12,16,21H,4-5,8,13-15,17-18H2,1-3H3/t21-/m0/s1. The Kier molecular flexibility index (Phi) is 6.59. The number of unbranched alkanes of at least 4 members (excludes halogenated alkanes) is 1. The fraction of sp³-hybridized carbons (Fsp3) is 0.462. The number of amides is 1. The van der Waals surface area contributed by atoms with Gasteiger partial charge in [0.15, 0.2) is 0 Å². The Morgan fingerprint density at radius 3 is 2.71 bits per heavy atom. The average molecular weight is 420 g/mol. The molecule has 0 spiro atoms. The van der Waals surface area contributed by atoms with Crippen molar-refractivity contribution in [1.29, 1.82) is 0 Å². The second kappa shape index (κ2) is 9.54. The van der Waals surface area contributed by atoms with Crippen LogP contribution in [0, 0.1) is 13.8 Å². The molecule has 5 heteroatoms. The molecule has 1 fully saturated rings. The van der Waals surface area contributed by atoms with Crippen molar-refractivity contribution in [2.45, 2.75) is 58.9 Å². The minimum Gasteiger partial charge on any atom is -0.494 e. The molecule has 31 heavy (non-hydrogen) atoms. The third-order valence-corrected chi connectivity index (χ3v) is 6.32. The molecule has 164 valence electrons. The fourth-order valence-electron chi connectivity index (χ4n) is 4.37. The van der Waals surface area contributed by atoms with Crippen molar-refractivity contribution < 1.29 is 9.53 Å². The van der Waals surface area contributed by atoms with Crippen LogP contribution < -0.4 is 4.74 Å². The Bertz CT molecular complexity index is 1060. The topological polar surface area (TPSA) is 47.4 Å². The van der Waals surface area contributed by atoms with Crippen molar-refractivity contribution >= 4 is 16.9 Å². The number of fused-ring (bicyclic) bond motifs is 1. The summed E-state index contributed by atoms with van der Waals surface area (Å²) in [6.07, 6.45) is 3.62. The zero-order valence-corrected chi connectivity index (χ0v) is 18.9. The van der Waals surface area contributed by atoms with Gasteiger partial charge in [-0.3, -0.25) is 4.79 Å². The Labute approximate surface area is 185 Å². The van der Waals surface area contributed by atoms with Crippen LogP contribution in [0.5, 0.6) is 5.75 Å². The van der Waals surface area contributed by atoms with Gasteiger partial charge in [-0.15, -0.1) is 0 Å². The molecule has 1 aliphatic rings. The van der Waals surface area contributed by atoms with Gasteiger partial charge in [0.1, 0.15) is 11.6 Å². The average Bonchev–Trinajstić information content (AvgIpc) is 3.32. The minimum atomic E-state index is 0.164. The van der Waals surface area contributed by atoms with Crippen LogP contribution in [0.1, 0.15) is 55.5 Å². The van der Waals surface area contributed by atoms with Gasteiger partial charge in [0.05, 0.1) is 17.6 Å². The van der Waals surface area contributed by atoms with Crippen molar-refractivity contribution in [3.63, 3.8) is 0 Å². The highest BCUT2D eigenvalue weighted by Crippen LogP contribution is 2.31. The Hall–Kier alpha value is -2.82. The van der Waals surface area contributed by atoms with Gasteiger partial charge in [-0.25, -0.2) is 4.98 Å². The quantitative estimate of drug-likeness (QED) is 0.446. The van der Waals surface area contributed by atoms with E-state index in [1.807, 2.05) is 17.0 Å². The first kappa shape index (κ1) is 21.4. The van der Waals surface area contributed by atoms with Crippen LogP contribution in [-0.4, -0.2) is 40.1 Å². The number of ether oxygens (including phenoxy) is 1. The highest BCUT2D eigenvalue weighted by molar-refractivity contribution is 5.80. The fourth-order valence-corrected chi connectivity index (χ4v) is 4.37. The Balaban J connectivity index is 1.46. The van der Waals surface area contributed by atoms with Crippen LogP contribution in [-0.2, 0) is 11.3 Å². The number of aryl methyl sites for hydroxylation is 3. The number of carbonyl (C=O) groups is 1. The summed E-state index contributed by atoms with van der Waals surface area (Å²) in [6.45, 7) is 9.51. The Morgan fingerprint density at radius 1 is 1.06 bits per heavy atom. The van der Waals surface area contributed by atoms with Crippen LogP contribution in [0.2, 0.25) is 0 Å². The van der Waals surface area contributed by atoms with Crippen LogP contribution in [0.25, 0.3) is 11.0 Å². The molecule has 5 nitrogen and oxygen atoms in total. The van der Waals surface area contributed by atoms with Gasteiger partial charge in [-0.2, -0.15) is 0 Å². The van der Waals surface area contributed by atoms with Crippen LogP contribution in [0.4, 0.5) is 0 Å². The highest BCUT2D eigenvalue weighted by Gasteiger charge is 2.33. The molecule has 0 radical (unpaired) electrons. The number of hydrogen-bond donors (Lipinski definition) is 0. The van der Waals surface area contributed by atoms with Crippen LogP contribution >= 0.6 is 0 Å². The summed E-state index contributed by atoms with van der Waals surface area (Å²) < 4.78 is 8.31. The van der Waals surface area contributed by atoms with Gasteiger partial charge in [-0.1, -0.05) is 31.5 Å². The number of hydrogen-bond acceptors (Lipinski definition) is 3. The molecule has 0 saturated carbocycles. The lowest BCUT2D eigenvalue weighted by Crippen LogP contribution is -2.26. The molecular formula is C26H33N3O2. The summed E-state index contributed by atoms with van der Waals surface area (Å²) in [6, 6.07) is 14.5. The van der Waals surface area contributed by atoms with Crippen LogP contribution in [0.3, 0.4) is 0 Å². The summed E-state index contributed by atoms with van der Waals surface area (Å²) in [4.78, 5) is 19.5. The molecule has 2 heterocycles. The van der Waals surface area contributed by atoms with Gasteiger partial charge in [-0.05, 0) is 62.1 Å². The molecule has 4 rings (SSSR count). The van der Waals surface area contributed by atoms with Crippen molar-refractivity contribution in [3.8, 4) is 5.75 Å². The summed E-state index contributed by atoms with van der Waals surface area (Å²) in [5.41, 5.74) is 4.68. The van der Waals surface area contributed by atoms with E-state index in [1.54, 1.807) is 0 Å². The van der Waals surface area contributed by atoms with E-state index in [4.69, 9.17) is 9.72 Å². The molecule has 0 unspecified atom stereocenters. The predicted octanol–water partition coefficient (Wildman–Crippen LogP) is 5.24. The number of imidazole rings is 1. The van der Waals surface area contributed by atoms with E-state index >= 15 is 0 Å². The van der Waals surface area contributed by atoms with Crippen molar-refractivity contribution in [2.24, 2.45) is 0 Å². The van der Waals surface area contributed by atoms with E-state index in [-0.39, 0.29) is 11.8 Å². The molecule has 1 aliphatic heterocycles. The van der Waals surface area contributed by atoms with Gasteiger partial charge in [0, 0.05) is 32.0 Å². The van der Waals surface area contributed by atoms with Crippen molar-refractivity contribution in [1.82, 2.24) is 14.5 Å². The summed E-state index contributed by atoms with van der Waals surface area (Å²) in [7, 11) is 0. The monoisotopic (exact) mass is 419 g/mol. The predicted molar refractivity (Wildman–Crippen MR) is 125 cm³/mol. The van der Waals surface area contributed by atoms with E-state index < -0.39 is 0 Å². The second-order valence-corrected chi connectivity index (χ2v) is 8.65. The van der Waals surface area contributed by atoms with Gasteiger partial charge < -0.3 is 14.2 Å². The van der Waals surface area contributed by atoms with E-state index in [0.717, 1.165) is 61.5 Å². The van der Waals surface area contributed by atoms with Crippen molar-refractivity contribution in [2.75, 3.05) is 19.7 Å². The summed E-state index contributed by atoms with van der Waals surface area (Å²) >= 11 is 0. The lowest BCUT2D eigenvalue weighted by atomic mass is 10.1. The van der Waals surface area contributed by atoms with Crippen molar-refractivity contribution in [3.05, 3.63) is 59.4 Å². The maximum atomic E-state index is 12.5. The third kappa shape index (κ3) is 4.76. The highest BCUT2D eigenvalue weighted by atomic mass is 16.5. The maximum absolute atomic E-state index is 12.5. The third-order valence-electron chi connectivity index (χ3n) is 6.32. The van der Waals surface area contributed by atoms with Gasteiger partial charge in [0.25, 0.3) is 0 Å². The summed E-state index contributed by atoms with van der Waals surface area (Å²) in [5.74, 6) is 2.39. The molecule has 3 aromatic rings. The first-order chi connectivity index (χ1) is 15.1. The smallest absolute Gasteiger partial charge is 0.223 e. The lowest BCUT2D eigenvalue weighted by Gasteiger charge is -2.17. The molecule has 2 aromatic carbocycles. The van der Waals surface area contributed by atoms with Crippen LogP contribution in [0.15, 0.2) is 42.5 Å². The largest absolute Gasteiger partial charge is 0.494 e. The Morgan fingerprint density at radius 2 is 1.90 bits per heavy atom. The number of carbonyl (C=O) groups excluding carboxylic acids is 1. The zero-order valence-electron chi connectivity index (χ0n) is 18.9. The number of nitrogens with zero attached hydrogens (tertiary/aromatic N) is 3. The first-order valence-electron chi connectivity index (χ1n) is 11.5. The number of aromatic nitrogens is 2. The second-order valence-electron chi connectivity index (χ2n) is 8.65. The minimum absolute atomic E-state index is 0.164. The SMILES string of the molecule is CCCCN1C[C@@H](c2nc3ccccc3n2CCCOc2ccc(C)c(C)c2)CC1=O. The number of rotatable bonds is 9. The van der Waals surface area contributed by atoms with E-state index in [0.29, 0.717) is 13.0 Å². The molecule has 1 saturated heterocycles. The molecule has 0 bridgehead atoms. The molecule has 1 amide bonds. The molecular weight excluding hydrogens is 386 g/mol. The number of likely N-dealkylation sites (tertiary alicyclic amines) is 1. The first-order valence-corrected chi connectivity index (χ1v) is 11.5. The maximum Gasteiger partial charge on any atom is 0.223 e. The molecule has 0 aliphatic carbocycles. The number of para-hydroxylation sites is 2. The molecule has 0 N–H and O–H groups in total. The molecule has 1 aromatic heterocycles.